The fourth-order valence-electron chi connectivity index (χ4n) is 2.94. The van der Waals surface area contributed by atoms with Crippen LogP contribution in [0, 0.1) is 0 Å². The lowest BCUT2D eigenvalue weighted by Crippen LogP contribution is -2.49. The highest BCUT2D eigenvalue weighted by Crippen LogP contribution is 2.25. The van der Waals surface area contributed by atoms with Gasteiger partial charge < -0.3 is 5.32 Å². The van der Waals surface area contributed by atoms with Gasteiger partial charge in [0.05, 0.1) is 11.9 Å². The predicted molar refractivity (Wildman–Crippen MR) is 111 cm³/mol. The van der Waals surface area contributed by atoms with E-state index >= 15 is 0 Å². The number of sulfonamides is 1. The molecule has 7 heteroatoms. The fourth-order valence-corrected chi connectivity index (χ4v) is 4.33. The molecule has 27 heavy (non-hydrogen) atoms. The van der Waals surface area contributed by atoms with Crippen LogP contribution < -0.4 is 9.62 Å². The Balaban J connectivity index is 2.19. The quantitative estimate of drug-likeness (QED) is 0.722. The molecule has 0 heterocycles. The fraction of sp³-hybridized carbons (Fsp3) is 0.350. The highest BCUT2D eigenvalue weighted by Gasteiger charge is 2.31. The van der Waals surface area contributed by atoms with Crippen LogP contribution in [0.15, 0.2) is 54.6 Å². The van der Waals surface area contributed by atoms with E-state index in [1.54, 1.807) is 31.2 Å². The summed E-state index contributed by atoms with van der Waals surface area (Å²) in [5.74, 6) is -0.212. The average molecular weight is 409 g/mol. The first kappa shape index (κ1) is 21.3. The second-order valence-electron chi connectivity index (χ2n) is 6.52. The van der Waals surface area contributed by atoms with E-state index in [1.165, 1.54) is 0 Å². The minimum atomic E-state index is -3.67. The summed E-state index contributed by atoms with van der Waals surface area (Å²) in [5.41, 5.74) is 1.49. The van der Waals surface area contributed by atoms with Crippen molar-refractivity contribution in [3.8, 4) is 0 Å². The number of halogens is 1. The Morgan fingerprint density at radius 3 is 2.37 bits per heavy atom. The Morgan fingerprint density at radius 2 is 1.81 bits per heavy atom. The molecule has 0 aromatic heterocycles. The molecule has 2 rings (SSSR count). The molecule has 0 saturated heterocycles. The van der Waals surface area contributed by atoms with Gasteiger partial charge in [-0.1, -0.05) is 61.8 Å². The lowest BCUT2D eigenvalue weighted by molar-refractivity contribution is -0.122. The maximum atomic E-state index is 12.8. The van der Waals surface area contributed by atoms with Gasteiger partial charge >= 0.3 is 0 Å². The Kier molecular flexibility index (Phi) is 7.27. The largest absolute Gasteiger partial charge is 0.354 e. The van der Waals surface area contributed by atoms with Crippen molar-refractivity contribution >= 4 is 33.2 Å². The highest BCUT2D eigenvalue weighted by atomic mass is 35.5. The summed E-state index contributed by atoms with van der Waals surface area (Å²) in [4.78, 5) is 12.8. The summed E-state index contributed by atoms with van der Waals surface area (Å²) in [7, 11) is -3.67. The molecule has 0 bridgehead atoms. The summed E-state index contributed by atoms with van der Waals surface area (Å²) >= 11 is 6.01. The van der Waals surface area contributed by atoms with Crippen molar-refractivity contribution in [1.29, 1.82) is 0 Å². The summed E-state index contributed by atoms with van der Waals surface area (Å²) in [6.07, 6.45) is 1.43. The molecule has 0 spiro atoms. The molecule has 0 radical (unpaired) electrons. The van der Waals surface area contributed by atoms with Gasteiger partial charge in [-0.2, -0.15) is 0 Å². The zero-order valence-corrected chi connectivity index (χ0v) is 17.3. The van der Waals surface area contributed by atoms with Crippen LogP contribution in [0.3, 0.4) is 0 Å². The average Bonchev–Trinajstić information content (AvgIpc) is 2.63. The van der Waals surface area contributed by atoms with E-state index in [1.807, 2.05) is 37.3 Å². The van der Waals surface area contributed by atoms with E-state index in [0.29, 0.717) is 23.7 Å². The highest BCUT2D eigenvalue weighted by molar-refractivity contribution is 7.92. The van der Waals surface area contributed by atoms with Crippen LogP contribution >= 0.6 is 11.6 Å². The Bertz CT molecular complexity index is 872. The molecule has 2 aromatic rings. The second kappa shape index (κ2) is 9.24. The molecule has 5 nitrogen and oxygen atoms in total. The third-order valence-corrected chi connectivity index (χ3v) is 5.76. The summed E-state index contributed by atoms with van der Waals surface area (Å²) in [5, 5.41) is 3.30. The standard InChI is InChI=1S/C20H25ClN2O3S/c1-4-19(20(24)22-14-15(2)16-9-6-5-7-10-16)23(27(3,25)26)18-12-8-11-17(21)13-18/h5-13,15,19H,4,14H2,1-3H3,(H,22,24)/t15-,19-/m0/s1. The van der Waals surface area contributed by atoms with E-state index < -0.39 is 16.1 Å². The molecule has 0 aliphatic carbocycles. The van der Waals surface area contributed by atoms with E-state index in [2.05, 4.69) is 5.32 Å². The monoisotopic (exact) mass is 408 g/mol. The van der Waals surface area contributed by atoms with Crippen molar-refractivity contribution in [3.63, 3.8) is 0 Å². The first-order valence-electron chi connectivity index (χ1n) is 8.81. The normalized spacial score (nSPS) is 13.6. The maximum Gasteiger partial charge on any atom is 0.243 e. The lowest BCUT2D eigenvalue weighted by atomic mass is 10.0. The van der Waals surface area contributed by atoms with E-state index in [0.717, 1.165) is 16.1 Å². The van der Waals surface area contributed by atoms with Crippen molar-refractivity contribution < 1.29 is 13.2 Å². The van der Waals surface area contributed by atoms with Gasteiger partial charge in [0.15, 0.2) is 0 Å². The van der Waals surface area contributed by atoms with E-state index in [9.17, 15) is 13.2 Å². The van der Waals surface area contributed by atoms with Crippen molar-refractivity contribution in [2.45, 2.75) is 32.2 Å². The third-order valence-electron chi connectivity index (χ3n) is 4.34. The van der Waals surface area contributed by atoms with E-state index in [-0.39, 0.29) is 11.8 Å². The molecule has 1 N–H and O–H groups in total. The minimum Gasteiger partial charge on any atom is -0.354 e. The van der Waals surface area contributed by atoms with Crippen LogP contribution in [0.4, 0.5) is 5.69 Å². The van der Waals surface area contributed by atoms with E-state index in [4.69, 9.17) is 11.6 Å². The summed E-state index contributed by atoms with van der Waals surface area (Å²) in [6.45, 7) is 4.22. The predicted octanol–water partition coefficient (Wildman–Crippen LogP) is 3.80. The maximum absolute atomic E-state index is 12.8. The first-order valence-corrected chi connectivity index (χ1v) is 11.0. The first-order chi connectivity index (χ1) is 12.7. The Morgan fingerprint density at radius 1 is 1.15 bits per heavy atom. The molecule has 0 unspecified atom stereocenters. The zero-order chi connectivity index (χ0) is 20.0. The third kappa shape index (κ3) is 5.71. The molecule has 146 valence electrons. The summed E-state index contributed by atoms with van der Waals surface area (Å²) in [6, 6.07) is 15.5. The van der Waals surface area contributed by atoms with Crippen LogP contribution in [0.1, 0.15) is 31.7 Å². The number of rotatable bonds is 8. The van der Waals surface area contributed by atoms with Gasteiger partial charge in [-0.25, -0.2) is 8.42 Å². The number of hydrogen-bond donors (Lipinski definition) is 1. The molecule has 0 aliphatic heterocycles. The second-order valence-corrected chi connectivity index (χ2v) is 8.82. The number of anilines is 1. The van der Waals surface area contributed by atoms with Gasteiger partial charge in [0.25, 0.3) is 0 Å². The van der Waals surface area contributed by atoms with Crippen LogP contribution in [0.25, 0.3) is 0 Å². The van der Waals surface area contributed by atoms with Gasteiger partial charge in [0.1, 0.15) is 6.04 Å². The number of nitrogens with zero attached hydrogens (tertiary/aromatic N) is 1. The minimum absolute atomic E-state index is 0.116. The SMILES string of the molecule is CC[C@@H](C(=O)NC[C@H](C)c1ccccc1)N(c1cccc(Cl)c1)S(C)(=O)=O. The van der Waals surface area contributed by atoms with Crippen LogP contribution in [0.2, 0.25) is 5.02 Å². The summed E-state index contributed by atoms with van der Waals surface area (Å²) < 4.78 is 26.0. The number of nitrogens with one attached hydrogen (secondary N) is 1. The van der Waals surface area contributed by atoms with Gasteiger partial charge in [0.2, 0.25) is 15.9 Å². The topological polar surface area (TPSA) is 66.5 Å². The van der Waals surface area contributed by atoms with Gasteiger partial charge in [0, 0.05) is 11.6 Å². The van der Waals surface area contributed by atoms with Crippen molar-refractivity contribution in [3.05, 3.63) is 65.2 Å². The van der Waals surface area contributed by atoms with Crippen LogP contribution in [0.5, 0.6) is 0 Å². The molecular weight excluding hydrogens is 384 g/mol. The molecule has 2 atom stereocenters. The number of benzene rings is 2. The number of hydrogen-bond acceptors (Lipinski definition) is 3. The molecule has 1 amide bonds. The lowest BCUT2D eigenvalue weighted by Gasteiger charge is -2.30. The smallest absolute Gasteiger partial charge is 0.243 e. The molecule has 2 aromatic carbocycles. The van der Waals surface area contributed by atoms with Crippen LogP contribution in [-0.4, -0.2) is 33.2 Å². The van der Waals surface area contributed by atoms with Crippen molar-refractivity contribution in [1.82, 2.24) is 5.32 Å². The Hall–Kier alpha value is -2.05. The molecule has 0 saturated carbocycles. The van der Waals surface area contributed by atoms with Gasteiger partial charge in [-0.15, -0.1) is 0 Å². The van der Waals surface area contributed by atoms with Gasteiger partial charge in [-0.3, -0.25) is 9.10 Å². The van der Waals surface area contributed by atoms with Crippen molar-refractivity contribution in [2.24, 2.45) is 0 Å². The van der Waals surface area contributed by atoms with Crippen LogP contribution in [-0.2, 0) is 14.8 Å². The Labute approximate surface area is 166 Å². The number of carbonyl (C=O) groups is 1. The zero-order valence-electron chi connectivity index (χ0n) is 15.7. The molecule has 0 fully saturated rings. The molecular formula is C20H25ClN2O3S. The molecule has 0 aliphatic rings. The number of carbonyl (C=O) groups excluding carboxylic acids is 1. The number of amides is 1. The van der Waals surface area contributed by atoms with Gasteiger partial charge in [-0.05, 0) is 36.1 Å². The van der Waals surface area contributed by atoms with Crippen molar-refractivity contribution in [2.75, 3.05) is 17.1 Å².